The molecule has 0 atom stereocenters. The van der Waals surface area contributed by atoms with Crippen molar-refractivity contribution in [3.63, 3.8) is 0 Å². The summed E-state index contributed by atoms with van der Waals surface area (Å²) < 4.78 is 38.4. The Morgan fingerprint density at radius 1 is 0.639 bits per heavy atom. The molecule has 61 heavy (non-hydrogen) atoms. The number of nitrogens with zero attached hydrogens (tertiary/aromatic N) is 5. The fourth-order valence-corrected chi connectivity index (χ4v) is 8.89. The van der Waals surface area contributed by atoms with Crippen LogP contribution in [0.3, 0.4) is 0 Å². The van der Waals surface area contributed by atoms with Gasteiger partial charge in [-0.3, -0.25) is 0 Å². The topological polar surface area (TPSA) is 53.2 Å². The van der Waals surface area contributed by atoms with Crippen molar-refractivity contribution in [2.75, 3.05) is 0 Å². The molecule has 4 aromatic heterocycles. The zero-order valence-electron chi connectivity index (χ0n) is 37.3. The minimum absolute atomic E-state index is 0. The van der Waals surface area contributed by atoms with Crippen molar-refractivity contribution >= 4 is 71.5 Å². The first kappa shape index (κ1) is 35.2. The molecular formula is C54H42N5OPt-3. The number of benzene rings is 6. The summed E-state index contributed by atoms with van der Waals surface area (Å²) in [6, 6.07) is 54.8. The molecule has 0 spiro atoms. The van der Waals surface area contributed by atoms with Crippen molar-refractivity contribution < 1.29 is 29.6 Å². The number of imidazole rings is 1. The maximum atomic E-state index is 8.52. The summed E-state index contributed by atoms with van der Waals surface area (Å²) in [5, 5.41) is 5.01. The molecule has 0 aliphatic carbocycles. The van der Waals surface area contributed by atoms with E-state index in [1.165, 1.54) is 6.07 Å². The summed E-state index contributed by atoms with van der Waals surface area (Å²) in [6.45, 7) is 8.41. The molecule has 302 valence electrons. The van der Waals surface area contributed by atoms with Crippen molar-refractivity contribution in [1.29, 1.82) is 0 Å². The Bertz CT molecular complexity index is 3740. The third kappa shape index (κ3) is 6.49. The Labute approximate surface area is 372 Å². The van der Waals surface area contributed by atoms with Crippen LogP contribution in [0.1, 0.15) is 47.3 Å². The number of pyridine rings is 2. The van der Waals surface area contributed by atoms with Crippen molar-refractivity contribution in [3.8, 4) is 22.5 Å². The number of hydrogen-bond donors (Lipinski definition) is 0. The zero-order chi connectivity index (χ0) is 43.4. The predicted molar refractivity (Wildman–Crippen MR) is 247 cm³/mol. The molecule has 0 saturated carbocycles. The Hall–Kier alpha value is -6.62. The second kappa shape index (κ2) is 14.5. The average Bonchev–Trinajstić information content (AvgIpc) is 3.81. The van der Waals surface area contributed by atoms with E-state index in [0.29, 0.717) is 5.58 Å². The maximum absolute atomic E-state index is 8.52. The summed E-state index contributed by atoms with van der Waals surface area (Å²) in [6.07, 6.45) is 1.99. The summed E-state index contributed by atoms with van der Waals surface area (Å²) in [4.78, 5) is 10.3. The molecule has 1 aliphatic rings. The largest absolute Gasteiger partial charge is 0.522 e. The average molecular weight is 975 g/mol. The number of fused-ring (bicyclic) bond motifs is 20. The Morgan fingerprint density at radius 2 is 1.34 bits per heavy atom. The SMILES string of the molecule is [2H]C([2H])([2H])c1cc2[c-]c(n1)n1[cH-]n(c3c(-c4cc(C)cc(C)c4)cccc3c3ccccc3c3cc(C(C)(C)C)cc(n3)n3c4[c-]c(ccc4c4ccccc43)o2)-c2ccccc2-1.[Pt]. The molecule has 7 heteroatoms. The quantitative estimate of drug-likeness (QED) is 0.154. The van der Waals surface area contributed by atoms with Gasteiger partial charge in [-0.15, -0.1) is 23.6 Å². The van der Waals surface area contributed by atoms with Gasteiger partial charge in [0.25, 0.3) is 0 Å². The van der Waals surface area contributed by atoms with Crippen molar-refractivity contribution in [1.82, 2.24) is 23.5 Å². The van der Waals surface area contributed by atoms with Crippen molar-refractivity contribution in [3.05, 3.63) is 180 Å². The van der Waals surface area contributed by atoms with E-state index in [1.807, 2.05) is 53.4 Å². The molecule has 0 saturated heterocycles. The van der Waals surface area contributed by atoms with E-state index >= 15 is 0 Å². The van der Waals surface area contributed by atoms with Gasteiger partial charge in [-0.2, -0.15) is 6.07 Å². The number of hydrogen-bond acceptors (Lipinski definition) is 3. The fourth-order valence-electron chi connectivity index (χ4n) is 8.89. The Kier molecular flexibility index (Phi) is 8.38. The van der Waals surface area contributed by atoms with E-state index in [2.05, 4.69) is 147 Å². The van der Waals surface area contributed by atoms with Crippen LogP contribution in [0.25, 0.3) is 94.0 Å². The first-order valence-corrected chi connectivity index (χ1v) is 20.2. The first-order chi connectivity index (χ1) is 30.3. The van der Waals surface area contributed by atoms with E-state index in [-0.39, 0.29) is 43.4 Å². The van der Waals surface area contributed by atoms with Gasteiger partial charge in [0.05, 0.1) is 5.52 Å². The molecule has 0 radical (unpaired) electrons. The zero-order valence-corrected chi connectivity index (χ0v) is 36.6. The van der Waals surface area contributed by atoms with Crippen LogP contribution in [0.15, 0.2) is 150 Å². The maximum Gasteiger partial charge on any atom is 0.136 e. The van der Waals surface area contributed by atoms with Crippen LogP contribution in [0.5, 0.6) is 0 Å². The third-order valence-electron chi connectivity index (χ3n) is 11.6. The number of aromatic nitrogens is 5. The van der Waals surface area contributed by atoms with Crippen LogP contribution >= 0.6 is 0 Å². The third-order valence-corrected chi connectivity index (χ3v) is 11.6. The molecule has 10 aromatic rings. The number of para-hydroxylation sites is 4. The van der Waals surface area contributed by atoms with E-state index in [1.54, 1.807) is 0 Å². The molecule has 6 aromatic carbocycles. The molecule has 0 unspecified atom stereocenters. The van der Waals surface area contributed by atoms with Crippen LogP contribution < -0.4 is 0 Å². The van der Waals surface area contributed by atoms with Gasteiger partial charge in [0.2, 0.25) is 0 Å². The minimum atomic E-state index is -2.54. The molecule has 0 fully saturated rings. The number of rotatable bonds is 1. The fraction of sp³-hybridized carbons (Fsp3) is 0.130. The Morgan fingerprint density at radius 3 is 2.11 bits per heavy atom. The van der Waals surface area contributed by atoms with Gasteiger partial charge in [0.15, 0.2) is 0 Å². The standard InChI is InChI=1S/C54H42N5O.Pt/c1-33-24-34(2)26-36(25-33)40-17-13-18-45-41-14-7-8-15-42(41)46-28-37(54(4,5)6)29-52(56-46)59-47-19-10-9-16-43(47)44-23-22-38(30-50(44)59)60-39-27-35(3)55-51(31-39)57-32-58(53(40)45)49-21-12-11-20-48(49)57;/h7-29,32H,1-6H3;/q-3;/i3D3;. The first-order valence-electron chi connectivity index (χ1n) is 21.7. The smallest absolute Gasteiger partial charge is 0.136 e. The Balaban J connectivity index is 0.00000484. The van der Waals surface area contributed by atoms with Gasteiger partial charge >= 0.3 is 0 Å². The van der Waals surface area contributed by atoms with Crippen LogP contribution in [0, 0.1) is 32.8 Å². The monoisotopic (exact) mass is 974 g/mol. The van der Waals surface area contributed by atoms with Crippen LogP contribution in [0.2, 0.25) is 0 Å². The van der Waals surface area contributed by atoms with Gasteiger partial charge < -0.3 is 22.9 Å². The predicted octanol–water partition coefficient (Wildman–Crippen LogP) is 13.7. The van der Waals surface area contributed by atoms with Crippen LogP contribution in [-0.2, 0) is 26.5 Å². The molecule has 0 amide bonds. The van der Waals surface area contributed by atoms with Gasteiger partial charge in [0, 0.05) is 48.0 Å². The second-order valence-corrected chi connectivity index (χ2v) is 16.8. The molecule has 0 N–H and O–H groups in total. The van der Waals surface area contributed by atoms with Crippen molar-refractivity contribution in [2.24, 2.45) is 0 Å². The summed E-state index contributed by atoms with van der Waals surface area (Å²) in [7, 11) is 0. The molecule has 6 nitrogen and oxygen atoms in total. The summed E-state index contributed by atoms with van der Waals surface area (Å²) in [5.41, 5.74) is 12.1. The second-order valence-electron chi connectivity index (χ2n) is 16.8. The van der Waals surface area contributed by atoms with Crippen LogP contribution in [-0.4, -0.2) is 23.5 Å². The van der Waals surface area contributed by atoms with Gasteiger partial charge in [-0.25, -0.2) is 11.1 Å². The molecule has 1 aliphatic heterocycles. The van der Waals surface area contributed by atoms with Crippen LogP contribution in [0.4, 0.5) is 0 Å². The minimum Gasteiger partial charge on any atom is -0.522 e. The summed E-state index contributed by atoms with van der Waals surface area (Å²) in [5.74, 6) is 0. The molecule has 11 rings (SSSR count). The van der Waals surface area contributed by atoms with E-state index in [4.69, 9.17) is 18.5 Å². The van der Waals surface area contributed by atoms with E-state index < -0.39 is 6.85 Å². The summed E-state index contributed by atoms with van der Waals surface area (Å²) >= 11 is 0. The van der Waals surface area contributed by atoms with Gasteiger partial charge in [0.1, 0.15) is 5.65 Å². The normalized spacial score (nSPS) is 12.9. The van der Waals surface area contributed by atoms with E-state index in [0.717, 1.165) is 93.8 Å². The number of aryl methyl sites for hydroxylation is 3. The van der Waals surface area contributed by atoms with Crippen molar-refractivity contribution in [2.45, 2.75) is 46.9 Å². The van der Waals surface area contributed by atoms with E-state index in [9.17, 15) is 0 Å². The van der Waals surface area contributed by atoms with Gasteiger partial charge in [-0.1, -0.05) is 141 Å². The van der Waals surface area contributed by atoms with Gasteiger partial charge in [-0.05, 0) is 111 Å². The molecule has 5 heterocycles. The molecular weight excluding hydrogens is 930 g/mol. The molecule has 8 bridgehead atoms.